The number of nitriles is 1. The largest absolute Gasteiger partial charge is 0.489 e. The summed E-state index contributed by atoms with van der Waals surface area (Å²) in [6.07, 6.45) is 0. The number of hydrogen-bond donors (Lipinski definition) is 0. The summed E-state index contributed by atoms with van der Waals surface area (Å²) < 4.78 is 31.0. The molecule has 2 nitrogen and oxygen atoms in total. The molecule has 0 radical (unpaired) electrons. The third kappa shape index (κ3) is 3.21. The first-order chi connectivity index (χ1) is 9.10. The van der Waals surface area contributed by atoms with Gasteiger partial charge in [0.05, 0.1) is 11.6 Å². The fourth-order valence-electron chi connectivity index (χ4n) is 1.46. The van der Waals surface area contributed by atoms with E-state index in [1.165, 1.54) is 12.1 Å². The van der Waals surface area contributed by atoms with E-state index in [0.717, 1.165) is 12.1 Å². The molecule has 0 saturated carbocycles. The van der Waals surface area contributed by atoms with Gasteiger partial charge in [0.2, 0.25) is 0 Å². The fourth-order valence-corrected chi connectivity index (χ4v) is 1.70. The molecule has 0 aliphatic rings. The number of rotatable bonds is 3. The molecule has 0 saturated heterocycles. The molecule has 2 aromatic rings. The van der Waals surface area contributed by atoms with E-state index < -0.39 is 11.6 Å². The first kappa shape index (κ1) is 13.3. The number of halogens is 3. The molecule has 19 heavy (non-hydrogen) atoms. The average Bonchev–Trinajstić information content (AvgIpc) is 2.41. The fraction of sp³-hybridized carbons (Fsp3) is 0.0714. The second-order valence-electron chi connectivity index (χ2n) is 3.78. The molecule has 0 amide bonds. The lowest BCUT2D eigenvalue weighted by molar-refractivity contribution is 0.303. The second-order valence-corrected chi connectivity index (χ2v) is 4.19. The van der Waals surface area contributed by atoms with E-state index in [9.17, 15) is 8.78 Å². The van der Waals surface area contributed by atoms with Crippen LogP contribution in [0.5, 0.6) is 5.75 Å². The van der Waals surface area contributed by atoms with E-state index in [0.29, 0.717) is 16.1 Å². The van der Waals surface area contributed by atoms with Gasteiger partial charge in [0, 0.05) is 16.7 Å². The maximum absolute atomic E-state index is 13.0. The molecular weight excluding hydrogens is 272 g/mol. The van der Waals surface area contributed by atoms with E-state index in [4.69, 9.17) is 21.6 Å². The molecule has 5 heteroatoms. The zero-order valence-corrected chi connectivity index (χ0v) is 10.4. The van der Waals surface area contributed by atoms with Crippen molar-refractivity contribution in [3.63, 3.8) is 0 Å². The van der Waals surface area contributed by atoms with Gasteiger partial charge in [-0.3, -0.25) is 0 Å². The standard InChI is InChI=1S/C14H8ClF2NO/c15-12-5-9(7-18)1-2-10(12)8-19-11-3-4-13(16)14(17)6-11/h1-6H,8H2. The van der Waals surface area contributed by atoms with Gasteiger partial charge < -0.3 is 4.74 Å². The van der Waals surface area contributed by atoms with Crippen LogP contribution in [0.15, 0.2) is 36.4 Å². The highest BCUT2D eigenvalue weighted by Gasteiger charge is 2.06. The van der Waals surface area contributed by atoms with Crippen LogP contribution in [0.4, 0.5) is 8.78 Å². The van der Waals surface area contributed by atoms with Crippen molar-refractivity contribution in [1.82, 2.24) is 0 Å². The Labute approximate surface area is 113 Å². The summed E-state index contributed by atoms with van der Waals surface area (Å²) in [4.78, 5) is 0. The Balaban J connectivity index is 2.10. The van der Waals surface area contributed by atoms with E-state index in [-0.39, 0.29) is 12.4 Å². The van der Waals surface area contributed by atoms with Crippen molar-refractivity contribution in [2.24, 2.45) is 0 Å². The Morgan fingerprint density at radius 2 is 1.89 bits per heavy atom. The smallest absolute Gasteiger partial charge is 0.162 e. The van der Waals surface area contributed by atoms with Crippen LogP contribution < -0.4 is 4.74 Å². The molecule has 96 valence electrons. The van der Waals surface area contributed by atoms with Crippen LogP contribution in [-0.2, 0) is 6.61 Å². The summed E-state index contributed by atoms with van der Waals surface area (Å²) in [5, 5.41) is 9.09. The van der Waals surface area contributed by atoms with Crippen LogP contribution in [-0.4, -0.2) is 0 Å². The third-order valence-electron chi connectivity index (χ3n) is 2.47. The van der Waals surface area contributed by atoms with Gasteiger partial charge in [-0.15, -0.1) is 0 Å². The lowest BCUT2D eigenvalue weighted by Gasteiger charge is -2.08. The van der Waals surface area contributed by atoms with E-state index in [2.05, 4.69) is 0 Å². The normalized spacial score (nSPS) is 10.0. The quantitative estimate of drug-likeness (QED) is 0.848. The third-order valence-corrected chi connectivity index (χ3v) is 2.82. The van der Waals surface area contributed by atoms with Crippen molar-refractivity contribution in [2.75, 3.05) is 0 Å². The van der Waals surface area contributed by atoms with Gasteiger partial charge in [-0.05, 0) is 24.3 Å². The van der Waals surface area contributed by atoms with E-state index in [1.54, 1.807) is 12.1 Å². The van der Waals surface area contributed by atoms with Crippen molar-refractivity contribution >= 4 is 11.6 Å². The highest BCUT2D eigenvalue weighted by molar-refractivity contribution is 6.31. The highest BCUT2D eigenvalue weighted by Crippen LogP contribution is 2.21. The molecule has 0 heterocycles. The van der Waals surface area contributed by atoms with Gasteiger partial charge in [-0.25, -0.2) is 8.78 Å². The van der Waals surface area contributed by atoms with Crippen LogP contribution in [0.1, 0.15) is 11.1 Å². The zero-order valence-electron chi connectivity index (χ0n) is 9.66. The predicted molar refractivity (Wildman–Crippen MR) is 66.9 cm³/mol. The molecule has 0 N–H and O–H groups in total. The van der Waals surface area contributed by atoms with E-state index in [1.807, 2.05) is 6.07 Å². The first-order valence-electron chi connectivity index (χ1n) is 5.36. The summed E-state index contributed by atoms with van der Waals surface area (Å²) in [6.45, 7) is 0.107. The monoisotopic (exact) mass is 279 g/mol. The van der Waals surface area contributed by atoms with Crippen LogP contribution in [0, 0.1) is 23.0 Å². The first-order valence-corrected chi connectivity index (χ1v) is 5.74. The summed E-state index contributed by atoms with van der Waals surface area (Å²) in [7, 11) is 0. The van der Waals surface area contributed by atoms with Gasteiger partial charge in [-0.1, -0.05) is 17.7 Å². The lowest BCUT2D eigenvalue weighted by Crippen LogP contribution is -1.97. The van der Waals surface area contributed by atoms with Crippen molar-refractivity contribution < 1.29 is 13.5 Å². The number of nitrogens with zero attached hydrogens (tertiary/aromatic N) is 1. The molecule has 0 aliphatic carbocycles. The average molecular weight is 280 g/mol. The second kappa shape index (κ2) is 5.68. The Bertz CT molecular complexity index is 652. The van der Waals surface area contributed by atoms with Gasteiger partial charge in [-0.2, -0.15) is 5.26 Å². The van der Waals surface area contributed by atoms with Crippen LogP contribution in [0.2, 0.25) is 5.02 Å². The maximum Gasteiger partial charge on any atom is 0.162 e. The van der Waals surface area contributed by atoms with Crippen molar-refractivity contribution in [2.45, 2.75) is 6.61 Å². The Hall–Kier alpha value is -2.12. The summed E-state index contributed by atoms with van der Waals surface area (Å²) >= 11 is 5.97. The Morgan fingerprint density at radius 1 is 1.11 bits per heavy atom. The zero-order chi connectivity index (χ0) is 13.8. The van der Waals surface area contributed by atoms with E-state index >= 15 is 0 Å². The minimum Gasteiger partial charge on any atom is -0.489 e. The van der Waals surface area contributed by atoms with Crippen LogP contribution in [0.25, 0.3) is 0 Å². The lowest BCUT2D eigenvalue weighted by atomic mass is 10.1. The number of benzene rings is 2. The van der Waals surface area contributed by atoms with Crippen LogP contribution >= 0.6 is 11.6 Å². The minimum absolute atomic E-state index is 0.107. The Morgan fingerprint density at radius 3 is 2.53 bits per heavy atom. The van der Waals surface area contributed by atoms with Gasteiger partial charge in [0.25, 0.3) is 0 Å². The molecule has 2 rings (SSSR count). The SMILES string of the molecule is N#Cc1ccc(COc2ccc(F)c(F)c2)c(Cl)c1. The maximum atomic E-state index is 13.0. The Kier molecular flexibility index (Phi) is 3.98. The molecule has 0 fully saturated rings. The van der Waals surface area contributed by atoms with Crippen molar-refractivity contribution in [3.05, 3.63) is 64.2 Å². The van der Waals surface area contributed by atoms with Gasteiger partial charge in [0.1, 0.15) is 12.4 Å². The summed E-state index contributed by atoms with van der Waals surface area (Å²) in [6, 6.07) is 10.0. The number of ether oxygens (including phenoxy) is 1. The predicted octanol–water partition coefficient (Wildman–Crippen LogP) is 4.07. The summed E-state index contributed by atoms with van der Waals surface area (Å²) in [5.74, 6) is -1.69. The molecule has 0 spiro atoms. The highest BCUT2D eigenvalue weighted by atomic mass is 35.5. The molecule has 0 unspecified atom stereocenters. The summed E-state index contributed by atoms with van der Waals surface area (Å²) in [5.41, 5.74) is 1.10. The van der Waals surface area contributed by atoms with Crippen molar-refractivity contribution in [3.8, 4) is 11.8 Å². The molecule has 2 aromatic carbocycles. The van der Waals surface area contributed by atoms with Gasteiger partial charge >= 0.3 is 0 Å². The van der Waals surface area contributed by atoms with Crippen LogP contribution in [0.3, 0.4) is 0 Å². The molecular formula is C14H8ClF2NO. The molecule has 0 aliphatic heterocycles. The van der Waals surface area contributed by atoms with Gasteiger partial charge in [0.15, 0.2) is 11.6 Å². The topological polar surface area (TPSA) is 33.0 Å². The molecule has 0 aromatic heterocycles. The number of hydrogen-bond acceptors (Lipinski definition) is 2. The minimum atomic E-state index is -0.969. The van der Waals surface area contributed by atoms with Crippen molar-refractivity contribution in [1.29, 1.82) is 5.26 Å². The molecule has 0 bridgehead atoms. The molecule has 0 atom stereocenters.